The lowest BCUT2D eigenvalue weighted by atomic mass is 9.78. The number of nitrogens with zero attached hydrogens (tertiary/aromatic N) is 2. The average Bonchev–Trinajstić information content (AvgIpc) is 3.66. The minimum atomic E-state index is -0.110. The highest BCUT2D eigenvalue weighted by Crippen LogP contribution is 2.57. The molecule has 0 saturated carbocycles. The van der Waals surface area contributed by atoms with Gasteiger partial charge in [0.05, 0.1) is 11.0 Å². The molecule has 0 unspecified atom stereocenters. The molecule has 0 amide bonds. The molecule has 0 spiro atoms. The molecule has 10 aromatic rings. The van der Waals surface area contributed by atoms with Crippen molar-refractivity contribution in [1.29, 1.82) is 0 Å². The molecule has 7 aromatic carbocycles. The Morgan fingerprint density at radius 3 is 2.08 bits per heavy atom. The van der Waals surface area contributed by atoms with Crippen LogP contribution in [0.1, 0.15) is 25.0 Å². The average molecular weight is 655 g/mol. The Hall–Kier alpha value is -5.90. The number of rotatable bonds is 2. The maximum Gasteiger partial charge on any atom is 0.0964 e. The number of hydrogen-bond donors (Lipinski definition) is 0. The molecule has 0 radical (unpaired) electrons. The Morgan fingerprint density at radius 1 is 0.500 bits per heavy atom. The normalized spacial score (nSPS) is 13.6. The first-order valence-corrected chi connectivity index (χ1v) is 18.0. The van der Waals surface area contributed by atoms with Gasteiger partial charge in [-0.05, 0) is 91.3 Å². The third kappa shape index (κ3) is 3.84. The Morgan fingerprint density at radius 2 is 1.20 bits per heavy atom. The van der Waals surface area contributed by atoms with Crippen LogP contribution in [0, 0.1) is 0 Å². The zero-order valence-corrected chi connectivity index (χ0v) is 28.5. The van der Waals surface area contributed by atoms with Crippen LogP contribution >= 0.6 is 11.3 Å². The van der Waals surface area contributed by atoms with Gasteiger partial charge in [-0.3, -0.25) is 9.97 Å². The maximum absolute atomic E-state index is 4.87. The molecule has 0 bridgehead atoms. The topological polar surface area (TPSA) is 25.8 Å². The van der Waals surface area contributed by atoms with Crippen LogP contribution in [0.25, 0.3) is 96.9 Å². The summed E-state index contributed by atoms with van der Waals surface area (Å²) in [4.78, 5) is 9.47. The highest BCUT2D eigenvalue weighted by molar-refractivity contribution is 7.26. The molecule has 2 nitrogen and oxygen atoms in total. The summed E-state index contributed by atoms with van der Waals surface area (Å²) in [5, 5.41) is 9.93. The van der Waals surface area contributed by atoms with E-state index in [2.05, 4.69) is 146 Å². The molecule has 0 saturated heterocycles. The fourth-order valence-electron chi connectivity index (χ4n) is 8.69. The van der Waals surface area contributed by atoms with Crippen molar-refractivity contribution in [3.63, 3.8) is 0 Å². The fraction of sp³-hybridized carbons (Fsp3) is 0.0638. The fourth-order valence-corrected chi connectivity index (χ4v) is 9.93. The van der Waals surface area contributed by atoms with Crippen molar-refractivity contribution in [3.8, 4) is 33.4 Å². The molecule has 0 N–H and O–H groups in total. The van der Waals surface area contributed by atoms with Gasteiger partial charge in [0.1, 0.15) is 0 Å². The van der Waals surface area contributed by atoms with E-state index in [1.807, 2.05) is 29.8 Å². The number of hydrogen-bond acceptors (Lipinski definition) is 3. The van der Waals surface area contributed by atoms with Crippen molar-refractivity contribution >= 4 is 74.9 Å². The van der Waals surface area contributed by atoms with Crippen molar-refractivity contribution < 1.29 is 0 Å². The molecule has 3 heteroatoms. The van der Waals surface area contributed by atoms with E-state index in [-0.39, 0.29) is 5.41 Å². The van der Waals surface area contributed by atoms with Crippen molar-refractivity contribution in [2.45, 2.75) is 19.3 Å². The molecule has 50 heavy (non-hydrogen) atoms. The first kappa shape index (κ1) is 28.0. The monoisotopic (exact) mass is 654 g/mol. The summed E-state index contributed by atoms with van der Waals surface area (Å²) in [5.74, 6) is 0. The Balaban J connectivity index is 1.07. The van der Waals surface area contributed by atoms with Gasteiger partial charge in [0.2, 0.25) is 0 Å². The SMILES string of the molecule is CC1(C)c2ccccc2-c2c1c(-c1ccc3c(ccc4cc(-c5cnc6c(ccc7cccnc76)c5)ccc43)c1)cc1c2sc2ccccc21. The predicted octanol–water partition coefficient (Wildman–Crippen LogP) is 13.1. The molecule has 1 aliphatic carbocycles. The van der Waals surface area contributed by atoms with Gasteiger partial charge in [0, 0.05) is 59.9 Å². The summed E-state index contributed by atoms with van der Waals surface area (Å²) in [6, 6.07) is 49.4. The van der Waals surface area contributed by atoms with Crippen molar-refractivity contribution in [2.75, 3.05) is 0 Å². The number of fused-ring (bicyclic) bond motifs is 13. The molecule has 11 rings (SSSR count). The summed E-state index contributed by atoms with van der Waals surface area (Å²) >= 11 is 1.93. The van der Waals surface area contributed by atoms with Gasteiger partial charge >= 0.3 is 0 Å². The lowest BCUT2D eigenvalue weighted by Gasteiger charge is -2.25. The molecule has 3 heterocycles. The molecular formula is C47H30N2S. The summed E-state index contributed by atoms with van der Waals surface area (Å²) in [5.41, 5.74) is 12.3. The smallest absolute Gasteiger partial charge is 0.0964 e. The maximum atomic E-state index is 4.87. The summed E-state index contributed by atoms with van der Waals surface area (Å²) in [7, 11) is 0. The van der Waals surface area contributed by atoms with E-state index >= 15 is 0 Å². The summed E-state index contributed by atoms with van der Waals surface area (Å²) in [6.45, 7) is 4.80. The van der Waals surface area contributed by atoms with Crippen molar-refractivity contribution in [2.24, 2.45) is 0 Å². The second-order valence-electron chi connectivity index (χ2n) is 14.2. The number of aromatic nitrogens is 2. The van der Waals surface area contributed by atoms with E-state index in [1.165, 1.54) is 75.1 Å². The van der Waals surface area contributed by atoms with E-state index in [1.54, 1.807) is 0 Å². The number of thiophene rings is 1. The molecule has 3 aromatic heterocycles. The molecule has 0 atom stereocenters. The van der Waals surface area contributed by atoms with Gasteiger partial charge in [-0.15, -0.1) is 11.3 Å². The molecule has 0 fully saturated rings. The largest absolute Gasteiger partial charge is 0.254 e. The van der Waals surface area contributed by atoms with Gasteiger partial charge in [-0.25, -0.2) is 0 Å². The molecule has 0 aliphatic heterocycles. The van der Waals surface area contributed by atoms with Crippen molar-refractivity contribution in [1.82, 2.24) is 9.97 Å². The standard InChI is InChI=1S/C47H30N2S/c1-47(2)40-11-5-3-10-37(40)42-43(47)38(25-39-36-9-4-6-12-41(36)50-46(39)42)31-18-20-35-30(23-31)15-14-29-22-28(17-19-34(29)35)33-24-32-16-13-27-8-7-21-48-44(27)45(32)49-26-33/h3-26H,1-2H3. The first-order valence-electron chi connectivity index (χ1n) is 17.2. The van der Waals surface area contributed by atoms with Crippen LogP contribution in [0.5, 0.6) is 0 Å². The van der Waals surface area contributed by atoms with Gasteiger partial charge in [-0.1, -0.05) is 111 Å². The van der Waals surface area contributed by atoms with Crippen LogP contribution in [0.3, 0.4) is 0 Å². The summed E-state index contributed by atoms with van der Waals surface area (Å²) < 4.78 is 2.75. The van der Waals surface area contributed by atoms with Gasteiger partial charge in [-0.2, -0.15) is 0 Å². The van der Waals surface area contributed by atoms with Crippen LogP contribution in [0.15, 0.2) is 146 Å². The van der Waals surface area contributed by atoms with Crippen LogP contribution < -0.4 is 0 Å². The zero-order chi connectivity index (χ0) is 33.1. The second kappa shape index (κ2) is 10.1. The number of benzene rings is 7. The van der Waals surface area contributed by atoms with E-state index in [4.69, 9.17) is 4.98 Å². The first-order chi connectivity index (χ1) is 24.5. The van der Waals surface area contributed by atoms with Crippen LogP contribution in [0.4, 0.5) is 0 Å². The van der Waals surface area contributed by atoms with Crippen LogP contribution in [-0.4, -0.2) is 9.97 Å². The summed E-state index contributed by atoms with van der Waals surface area (Å²) in [6.07, 6.45) is 3.82. The zero-order valence-electron chi connectivity index (χ0n) is 27.7. The van der Waals surface area contributed by atoms with Crippen LogP contribution in [0.2, 0.25) is 0 Å². The van der Waals surface area contributed by atoms with E-state index in [9.17, 15) is 0 Å². The second-order valence-corrected chi connectivity index (χ2v) is 15.2. The number of pyridine rings is 2. The highest BCUT2D eigenvalue weighted by atomic mass is 32.1. The Kier molecular flexibility index (Phi) is 5.64. The molecule has 234 valence electrons. The predicted molar refractivity (Wildman–Crippen MR) is 213 cm³/mol. The lowest BCUT2D eigenvalue weighted by Crippen LogP contribution is -2.16. The third-order valence-electron chi connectivity index (χ3n) is 11.1. The minimum absolute atomic E-state index is 0.110. The quantitative estimate of drug-likeness (QED) is 0.173. The van der Waals surface area contributed by atoms with Gasteiger partial charge in [0.15, 0.2) is 0 Å². The third-order valence-corrected chi connectivity index (χ3v) is 12.3. The Bertz CT molecular complexity index is 3080. The van der Waals surface area contributed by atoms with E-state index in [0.717, 1.165) is 32.9 Å². The minimum Gasteiger partial charge on any atom is -0.254 e. The lowest BCUT2D eigenvalue weighted by molar-refractivity contribution is 0.662. The molecular weight excluding hydrogens is 625 g/mol. The van der Waals surface area contributed by atoms with E-state index in [0.29, 0.717) is 0 Å². The van der Waals surface area contributed by atoms with Crippen molar-refractivity contribution in [3.05, 3.63) is 157 Å². The van der Waals surface area contributed by atoms with Gasteiger partial charge < -0.3 is 0 Å². The van der Waals surface area contributed by atoms with Crippen LogP contribution in [-0.2, 0) is 5.41 Å². The Labute approximate surface area is 293 Å². The van der Waals surface area contributed by atoms with E-state index < -0.39 is 0 Å². The molecule has 1 aliphatic rings. The van der Waals surface area contributed by atoms with Gasteiger partial charge in [0.25, 0.3) is 0 Å². The highest BCUT2D eigenvalue weighted by Gasteiger charge is 2.39.